The summed E-state index contributed by atoms with van der Waals surface area (Å²) >= 11 is 0. The minimum absolute atomic E-state index is 0.125. The van der Waals surface area contributed by atoms with Crippen molar-refractivity contribution in [1.29, 1.82) is 0 Å². The van der Waals surface area contributed by atoms with Gasteiger partial charge in [0, 0.05) is 31.2 Å². The maximum absolute atomic E-state index is 13.0. The molecule has 0 bridgehead atoms. The molecule has 4 nitrogen and oxygen atoms in total. The molecule has 2 atom stereocenters. The number of carbonyl (C=O) groups excluding carboxylic acids is 1. The fraction of sp³-hybridized carbons (Fsp3) is 0.562. The molecule has 0 spiro atoms. The van der Waals surface area contributed by atoms with Crippen molar-refractivity contribution in [3.63, 3.8) is 0 Å². The van der Waals surface area contributed by atoms with Gasteiger partial charge < -0.3 is 5.32 Å². The van der Waals surface area contributed by atoms with Crippen molar-refractivity contribution in [2.24, 2.45) is 4.36 Å². The molecular formula is C16H20F2N2O2S. The lowest BCUT2D eigenvalue weighted by Crippen LogP contribution is -2.33. The molecule has 126 valence electrons. The summed E-state index contributed by atoms with van der Waals surface area (Å²) in [5, 5.41) is 2.99. The van der Waals surface area contributed by atoms with Gasteiger partial charge in [0.2, 0.25) is 5.92 Å². The molecule has 1 aliphatic heterocycles. The predicted octanol–water partition coefficient (Wildman–Crippen LogP) is 2.80. The topological polar surface area (TPSA) is 58.5 Å². The number of rotatable bonds is 3. The van der Waals surface area contributed by atoms with Crippen LogP contribution in [0.15, 0.2) is 28.6 Å². The van der Waals surface area contributed by atoms with Crippen LogP contribution in [0.25, 0.3) is 0 Å². The third kappa shape index (κ3) is 3.61. The fourth-order valence-electron chi connectivity index (χ4n) is 3.12. The van der Waals surface area contributed by atoms with Crippen LogP contribution in [-0.2, 0) is 9.73 Å². The molecule has 2 aliphatic rings. The van der Waals surface area contributed by atoms with E-state index < -0.39 is 21.6 Å². The van der Waals surface area contributed by atoms with Crippen molar-refractivity contribution >= 4 is 15.6 Å². The highest BCUT2D eigenvalue weighted by atomic mass is 32.2. The van der Waals surface area contributed by atoms with Gasteiger partial charge in [-0.25, -0.2) is 13.0 Å². The van der Waals surface area contributed by atoms with Crippen molar-refractivity contribution in [3.05, 3.63) is 35.4 Å². The van der Waals surface area contributed by atoms with Crippen LogP contribution in [0.4, 0.5) is 8.78 Å². The maximum atomic E-state index is 13.0. The Labute approximate surface area is 134 Å². The minimum Gasteiger partial charge on any atom is -0.315 e. The lowest BCUT2D eigenvalue weighted by molar-refractivity contribution is -0.0867. The zero-order valence-electron chi connectivity index (χ0n) is 12.9. The van der Waals surface area contributed by atoms with E-state index in [4.69, 9.17) is 0 Å². The van der Waals surface area contributed by atoms with E-state index in [1.807, 2.05) is 0 Å². The lowest BCUT2D eigenvalue weighted by Gasteiger charge is -2.35. The third-order valence-corrected chi connectivity index (χ3v) is 6.76. The van der Waals surface area contributed by atoms with Crippen LogP contribution in [0.2, 0.25) is 0 Å². The molecule has 0 aromatic heterocycles. The van der Waals surface area contributed by atoms with Crippen LogP contribution in [-0.4, -0.2) is 40.6 Å². The average Bonchev–Trinajstić information content (AvgIpc) is 2.99. The van der Waals surface area contributed by atoms with Gasteiger partial charge in [0.1, 0.15) is 0 Å². The zero-order chi connectivity index (χ0) is 16.7. The quantitative estimate of drug-likeness (QED) is 0.919. The Kier molecular flexibility index (Phi) is 4.27. The van der Waals surface area contributed by atoms with E-state index >= 15 is 0 Å². The highest BCUT2D eigenvalue weighted by Gasteiger charge is 2.45. The van der Waals surface area contributed by atoms with Gasteiger partial charge in [-0.05, 0) is 36.6 Å². The normalized spacial score (nSPS) is 26.3. The Morgan fingerprint density at radius 1 is 1.39 bits per heavy atom. The Hall–Kier alpha value is -1.34. The molecule has 1 heterocycles. The number of hydrogen-bond donors (Lipinski definition) is 1. The van der Waals surface area contributed by atoms with E-state index in [-0.39, 0.29) is 24.0 Å². The molecule has 1 amide bonds. The summed E-state index contributed by atoms with van der Waals surface area (Å²) < 4.78 is 42.5. The van der Waals surface area contributed by atoms with E-state index in [0.29, 0.717) is 12.1 Å². The highest BCUT2D eigenvalue weighted by Crippen LogP contribution is 2.48. The fourth-order valence-corrected chi connectivity index (χ4v) is 4.68. The third-order valence-electron chi connectivity index (χ3n) is 4.59. The minimum atomic E-state index is -2.61. The first-order valence-electron chi connectivity index (χ1n) is 7.71. The first-order chi connectivity index (χ1) is 10.8. The summed E-state index contributed by atoms with van der Waals surface area (Å²) in [6, 6.07) is 6.62. The Balaban J connectivity index is 1.79. The molecular weight excluding hydrogens is 322 g/mol. The number of nitrogens with one attached hydrogen (secondary N) is 1. The van der Waals surface area contributed by atoms with Crippen molar-refractivity contribution in [1.82, 2.24) is 5.32 Å². The van der Waals surface area contributed by atoms with E-state index in [0.717, 1.165) is 18.5 Å². The second-order valence-electron chi connectivity index (χ2n) is 6.46. The lowest BCUT2D eigenvalue weighted by atomic mass is 9.76. The van der Waals surface area contributed by atoms with Crippen LogP contribution in [0.1, 0.15) is 41.1 Å². The van der Waals surface area contributed by atoms with Crippen LogP contribution in [0.3, 0.4) is 0 Å². The predicted molar refractivity (Wildman–Crippen MR) is 85.5 cm³/mol. The molecule has 1 N–H and O–H groups in total. The number of amides is 1. The van der Waals surface area contributed by atoms with E-state index in [2.05, 4.69) is 9.68 Å². The molecule has 2 unspecified atom stereocenters. The van der Waals surface area contributed by atoms with Gasteiger partial charge in [0.05, 0.1) is 15.0 Å². The van der Waals surface area contributed by atoms with Crippen LogP contribution < -0.4 is 5.32 Å². The van der Waals surface area contributed by atoms with Gasteiger partial charge in [-0.2, -0.15) is 4.36 Å². The molecule has 2 fully saturated rings. The summed E-state index contributed by atoms with van der Waals surface area (Å²) in [7, 11) is -2.61. The Morgan fingerprint density at radius 3 is 2.74 bits per heavy atom. The Bertz CT molecular complexity index is 727. The van der Waals surface area contributed by atoms with Crippen molar-refractivity contribution in [3.8, 4) is 0 Å². The number of nitrogens with zero attached hydrogens (tertiary/aromatic N) is 1. The molecule has 1 saturated heterocycles. The SMILES string of the molecule is CS(=O)(=NC(=O)c1cccc(C2CC(F)(F)C2)c1)C1CCNC1. The molecule has 1 aromatic carbocycles. The second kappa shape index (κ2) is 5.94. The molecule has 1 aliphatic carbocycles. The molecule has 1 saturated carbocycles. The molecule has 7 heteroatoms. The molecule has 23 heavy (non-hydrogen) atoms. The summed E-state index contributed by atoms with van der Waals surface area (Å²) in [6.45, 7) is 1.38. The Morgan fingerprint density at radius 2 is 2.13 bits per heavy atom. The van der Waals surface area contributed by atoms with E-state index in [9.17, 15) is 17.8 Å². The first kappa shape index (κ1) is 16.5. The number of benzene rings is 1. The molecule has 1 aromatic rings. The first-order valence-corrected chi connectivity index (χ1v) is 9.69. The van der Waals surface area contributed by atoms with Crippen molar-refractivity contribution in [2.75, 3.05) is 19.3 Å². The van der Waals surface area contributed by atoms with Crippen LogP contribution >= 0.6 is 0 Å². The van der Waals surface area contributed by atoms with Gasteiger partial charge in [-0.15, -0.1) is 0 Å². The summed E-state index contributed by atoms with van der Waals surface area (Å²) in [5.41, 5.74) is 1.04. The summed E-state index contributed by atoms with van der Waals surface area (Å²) in [5.74, 6) is -3.34. The second-order valence-corrected chi connectivity index (χ2v) is 9.03. The smallest absolute Gasteiger partial charge is 0.285 e. The largest absolute Gasteiger partial charge is 0.315 e. The van der Waals surface area contributed by atoms with Crippen LogP contribution in [0, 0.1) is 0 Å². The zero-order valence-corrected chi connectivity index (χ0v) is 13.7. The van der Waals surface area contributed by atoms with Gasteiger partial charge in [0.15, 0.2) is 0 Å². The van der Waals surface area contributed by atoms with Gasteiger partial charge in [0.25, 0.3) is 5.91 Å². The van der Waals surface area contributed by atoms with E-state index in [1.165, 1.54) is 6.26 Å². The van der Waals surface area contributed by atoms with Crippen molar-refractivity contribution in [2.45, 2.75) is 36.4 Å². The summed E-state index contributed by atoms with van der Waals surface area (Å²) in [6.07, 6.45) is 1.89. The maximum Gasteiger partial charge on any atom is 0.285 e. The highest BCUT2D eigenvalue weighted by molar-refractivity contribution is 7.93. The van der Waals surface area contributed by atoms with Gasteiger partial charge in [-0.1, -0.05) is 12.1 Å². The standard InChI is InChI=1S/C16H20F2N2O2S/c1-23(22,14-5-6-19-10-14)20-15(21)12-4-2-3-11(7-12)13-8-16(17,18)9-13/h2-4,7,13-14,19H,5-6,8-10H2,1H3. The summed E-state index contributed by atoms with van der Waals surface area (Å²) in [4.78, 5) is 12.3. The van der Waals surface area contributed by atoms with Crippen molar-refractivity contribution < 1.29 is 17.8 Å². The number of halogens is 2. The van der Waals surface area contributed by atoms with Gasteiger partial charge in [-0.3, -0.25) is 4.79 Å². The number of hydrogen-bond acceptors (Lipinski definition) is 3. The molecule has 0 radical (unpaired) electrons. The van der Waals surface area contributed by atoms with E-state index in [1.54, 1.807) is 24.3 Å². The monoisotopic (exact) mass is 342 g/mol. The number of carbonyl (C=O) groups is 1. The van der Waals surface area contributed by atoms with Gasteiger partial charge >= 0.3 is 0 Å². The number of alkyl halides is 2. The average molecular weight is 342 g/mol. The molecule has 3 rings (SSSR count). The van der Waals surface area contributed by atoms with Crippen LogP contribution in [0.5, 0.6) is 0 Å².